The molecule has 0 saturated carbocycles. The SMILES string of the molecule is CCC(N)C(OC(C)(C)CC)c1ccc(C)o1. The van der Waals surface area contributed by atoms with E-state index in [-0.39, 0.29) is 17.7 Å². The van der Waals surface area contributed by atoms with Crippen LogP contribution in [0.5, 0.6) is 0 Å². The Bertz CT molecular complexity index is 344. The molecule has 0 bridgehead atoms. The number of nitrogens with two attached hydrogens (primary N) is 1. The number of ether oxygens (including phenoxy) is 1. The third kappa shape index (κ3) is 3.86. The van der Waals surface area contributed by atoms with Crippen LogP contribution in [-0.4, -0.2) is 11.6 Å². The molecule has 0 aliphatic carbocycles. The van der Waals surface area contributed by atoms with Gasteiger partial charge in [0.15, 0.2) is 0 Å². The van der Waals surface area contributed by atoms with Crippen LogP contribution < -0.4 is 5.73 Å². The minimum atomic E-state index is -0.182. The zero-order chi connectivity index (χ0) is 13.1. The van der Waals surface area contributed by atoms with Crippen LogP contribution in [0.1, 0.15) is 58.2 Å². The van der Waals surface area contributed by atoms with Gasteiger partial charge in [0.25, 0.3) is 0 Å². The topological polar surface area (TPSA) is 48.4 Å². The van der Waals surface area contributed by atoms with Gasteiger partial charge in [0.1, 0.15) is 17.6 Å². The molecule has 17 heavy (non-hydrogen) atoms. The van der Waals surface area contributed by atoms with E-state index < -0.39 is 0 Å². The lowest BCUT2D eigenvalue weighted by molar-refractivity contribution is -0.0938. The van der Waals surface area contributed by atoms with Crippen molar-refractivity contribution in [2.45, 2.75) is 65.2 Å². The molecule has 0 spiro atoms. The molecule has 0 aliphatic heterocycles. The standard InChI is InChI=1S/C14H25NO2/c1-6-11(15)13(17-14(4,5)7-2)12-9-8-10(3)16-12/h8-9,11,13H,6-7,15H2,1-5H3. The van der Waals surface area contributed by atoms with Gasteiger partial charge in [-0.15, -0.1) is 0 Å². The van der Waals surface area contributed by atoms with Gasteiger partial charge in [0.05, 0.1) is 5.60 Å². The van der Waals surface area contributed by atoms with Crippen LogP contribution in [0.25, 0.3) is 0 Å². The van der Waals surface area contributed by atoms with Gasteiger partial charge >= 0.3 is 0 Å². The molecule has 1 aromatic heterocycles. The molecular formula is C14H25NO2. The molecule has 0 radical (unpaired) electrons. The van der Waals surface area contributed by atoms with Crippen LogP contribution in [0.15, 0.2) is 16.5 Å². The van der Waals surface area contributed by atoms with Gasteiger partial charge in [-0.25, -0.2) is 0 Å². The fourth-order valence-corrected chi connectivity index (χ4v) is 1.60. The van der Waals surface area contributed by atoms with Crippen LogP contribution in [0.4, 0.5) is 0 Å². The number of hydrogen-bond donors (Lipinski definition) is 1. The minimum absolute atomic E-state index is 0.0358. The maximum atomic E-state index is 6.14. The number of rotatable bonds is 6. The first-order valence-electron chi connectivity index (χ1n) is 6.39. The van der Waals surface area contributed by atoms with Crippen molar-refractivity contribution in [1.29, 1.82) is 0 Å². The van der Waals surface area contributed by atoms with Crippen molar-refractivity contribution in [1.82, 2.24) is 0 Å². The zero-order valence-electron chi connectivity index (χ0n) is 11.6. The van der Waals surface area contributed by atoms with Crippen LogP contribution in [0.3, 0.4) is 0 Å². The summed E-state index contributed by atoms with van der Waals surface area (Å²) in [5.74, 6) is 1.73. The van der Waals surface area contributed by atoms with Gasteiger partial charge in [-0.3, -0.25) is 0 Å². The summed E-state index contributed by atoms with van der Waals surface area (Å²) in [7, 11) is 0. The molecule has 3 nitrogen and oxygen atoms in total. The quantitative estimate of drug-likeness (QED) is 0.825. The van der Waals surface area contributed by atoms with E-state index in [1.54, 1.807) is 0 Å². The lowest BCUT2D eigenvalue weighted by Crippen LogP contribution is -2.35. The largest absolute Gasteiger partial charge is 0.464 e. The van der Waals surface area contributed by atoms with Gasteiger partial charge in [-0.1, -0.05) is 13.8 Å². The third-order valence-electron chi connectivity index (χ3n) is 3.20. The van der Waals surface area contributed by atoms with E-state index in [0.717, 1.165) is 24.4 Å². The molecule has 1 rings (SSSR count). The van der Waals surface area contributed by atoms with Gasteiger partial charge < -0.3 is 14.9 Å². The average Bonchev–Trinajstić information content (AvgIpc) is 2.71. The summed E-state index contributed by atoms with van der Waals surface area (Å²) in [6.07, 6.45) is 1.65. The van der Waals surface area contributed by atoms with Gasteiger partial charge in [-0.05, 0) is 45.7 Å². The molecule has 2 N–H and O–H groups in total. The van der Waals surface area contributed by atoms with E-state index >= 15 is 0 Å². The van der Waals surface area contributed by atoms with E-state index in [1.165, 1.54) is 0 Å². The van der Waals surface area contributed by atoms with Gasteiger partial charge in [-0.2, -0.15) is 0 Å². The fraction of sp³-hybridized carbons (Fsp3) is 0.714. The molecule has 1 heterocycles. The average molecular weight is 239 g/mol. The van der Waals surface area contributed by atoms with Crippen molar-refractivity contribution in [3.05, 3.63) is 23.7 Å². The van der Waals surface area contributed by atoms with Crippen LogP contribution in [0, 0.1) is 6.92 Å². The van der Waals surface area contributed by atoms with Crippen LogP contribution >= 0.6 is 0 Å². The second-order valence-corrected chi connectivity index (χ2v) is 5.17. The molecule has 3 heteroatoms. The summed E-state index contributed by atoms with van der Waals surface area (Å²) in [6, 6.07) is 3.88. The first-order chi connectivity index (χ1) is 7.89. The molecule has 0 fully saturated rings. The Morgan fingerprint density at radius 3 is 2.41 bits per heavy atom. The Kier molecular flexibility index (Phi) is 4.78. The lowest BCUT2D eigenvalue weighted by atomic mass is 10.0. The van der Waals surface area contributed by atoms with Crippen molar-refractivity contribution in [2.75, 3.05) is 0 Å². The van der Waals surface area contributed by atoms with Crippen molar-refractivity contribution in [2.24, 2.45) is 5.73 Å². The van der Waals surface area contributed by atoms with Crippen molar-refractivity contribution >= 4 is 0 Å². The van der Waals surface area contributed by atoms with Crippen LogP contribution in [-0.2, 0) is 4.74 Å². The molecule has 0 saturated heterocycles. The van der Waals surface area contributed by atoms with E-state index in [1.807, 2.05) is 19.1 Å². The predicted molar refractivity (Wildman–Crippen MR) is 69.9 cm³/mol. The Hall–Kier alpha value is -0.800. The Morgan fingerprint density at radius 2 is 2.00 bits per heavy atom. The summed E-state index contributed by atoms with van der Waals surface area (Å²) < 4.78 is 11.8. The van der Waals surface area contributed by atoms with E-state index in [9.17, 15) is 0 Å². The fourth-order valence-electron chi connectivity index (χ4n) is 1.60. The highest BCUT2D eigenvalue weighted by Crippen LogP contribution is 2.30. The van der Waals surface area contributed by atoms with E-state index in [0.29, 0.717) is 0 Å². The predicted octanol–water partition coefficient (Wildman–Crippen LogP) is 3.57. The third-order valence-corrected chi connectivity index (χ3v) is 3.20. The summed E-state index contributed by atoms with van der Waals surface area (Å²) in [4.78, 5) is 0. The first kappa shape index (κ1) is 14.3. The number of furan rings is 1. The second kappa shape index (κ2) is 5.69. The summed E-state index contributed by atoms with van der Waals surface area (Å²) in [6.45, 7) is 10.3. The maximum absolute atomic E-state index is 6.14. The number of hydrogen-bond acceptors (Lipinski definition) is 3. The smallest absolute Gasteiger partial charge is 0.134 e. The molecule has 2 unspecified atom stereocenters. The molecule has 1 aromatic rings. The number of aryl methyl sites for hydroxylation is 1. The van der Waals surface area contributed by atoms with Gasteiger partial charge in [0, 0.05) is 6.04 Å². The highest BCUT2D eigenvalue weighted by Gasteiger charge is 2.29. The zero-order valence-corrected chi connectivity index (χ0v) is 11.6. The molecule has 0 aliphatic rings. The molecule has 98 valence electrons. The Morgan fingerprint density at radius 1 is 1.35 bits per heavy atom. The van der Waals surface area contributed by atoms with Crippen molar-refractivity contribution in [3.8, 4) is 0 Å². The molecular weight excluding hydrogens is 214 g/mol. The Labute approximate surface area is 104 Å². The molecule has 0 aromatic carbocycles. The monoisotopic (exact) mass is 239 g/mol. The summed E-state index contributed by atoms with van der Waals surface area (Å²) >= 11 is 0. The Balaban J connectivity index is 2.89. The molecule has 0 amide bonds. The highest BCUT2D eigenvalue weighted by molar-refractivity contribution is 5.10. The molecule has 2 atom stereocenters. The van der Waals surface area contributed by atoms with E-state index in [4.69, 9.17) is 14.9 Å². The normalized spacial score (nSPS) is 15.9. The summed E-state index contributed by atoms with van der Waals surface area (Å²) in [5, 5.41) is 0. The van der Waals surface area contributed by atoms with E-state index in [2.05, 4.69) is 27.7 Å². The van der Waals surface area contributed by atoms with Crippen molar-refractivity contribution in [3.63, 3.8) is 0 Å². The van der Waals surface area contributed by atoms with Crippen molar-refractivity contribution < 1.29 is 9.15 Å². The lowest BCUT2D eigenvalue weighted by Gasteiger charge is -2.31. The van der Waals surface area contributed by atoms with Crippen LogP contribution in [0.2, 0.25) is 0 Å². The summed E-state index contributed by atoms with van der Waals surface area (Å²) in [5.41, 5.74) is 5.95. The maximum Gasteiger partial charge on any atom is 0.134 e. The highest BCUT2D eigenvalue weighted by atomic mass is 16.5. The minimum Gasteiger partial charge on any atom is -0.464 e. The van der Waals surface area contributed by atoms with Gasteiger partial charge in [0.2, 0.25) is 0 Å². The first-order valence-corrected chi connectivity index (χ1v) is 6.39. The second-order valence-electron chi connectivity index (χ2n) is 5.17.